The van der Waals surface area contributed by atoms with E-state index in [1.165, 1.54) is 18.2 Å². The second kappa shape index (κ2) is 8.12. The fourth-order valence-electron chi connectivity index (χ4n) is 3.36. The van der Waals surface area contributed by atoms with Gasteiger partial charge in [-0.2, -0.15) is 26.3 Å². The van der Waals surface area contributed by atoms with Gasteiger partial charge in [0.2, 0.25) is 5.91 Å². The van der Waals surface area contributed by atoms with Gasteiger partial charge in [0.15, 0.2) is 0 Å². The van der Waals surface area contributed by atoms with Crippen LogP contribution in [0.4, 0.5) is 26.3 Å². The molecule has 5 nitrogen and oxygen atoms in total. The Kier molecular flexibility index (Phi) is 5.88. The number of benzene rings is 2. The van der Waals surface area contributed by atoms with Gasteiger partial charge in [-0.25, -0.2) is 0 Å². The molecule has 2 aromatic carbocycles. The van der Waals surface area contributed by atoms with Crippen LogP contribution in [0.2, 0.25) is 0 Å². The summed E-state index contributed by atoms with van der Waals surface area (Å²) in [6, 6.07) is 6.13. The van der Waals surface area contributed by atoms with Crippen LogP contribution in [0.25, 0.3) is 0 Å². The Hall–Kier alpha value is -3.24. The van der Waals surface area contributed by atoms with Crippen LogP contribution in [0.3, 0.4) is 0 Å². The molecule has 2 aromatic rings. The lowest BCUT2D eigenvalue weighted by Gasteiger charge is -2.20. The minimum atomic E-state index is -4.88. The minimum absolute atomic E-state index is 0.0462. The van der Waals surface area contributed by atoms with Crippen molar-refractivity contribution in [2.75, 3.05) is 6.54 Å². The van der Waals surface area contributed by atoms with Crippen molar-refractivity contribution in [2.45, 2.75) is 31.4 Å². The molecule has 0 aromatic heterocycles. The maximum atomic E-state index is 13.1. The topological polar surface area (TPSA) is 69.6 Å². The largest absolute Gasteiger partial charge is 0.506 e. The van der Waals surface area contributed by atoms with Crippen LogP contribution in [0.15, 0.2) is 42.5 Å². The number of rotatable bonds is 4. The van der Waals surface area contributed by atoms with Crippen molar-refractivity contribution in [3.05, 3.63) is 64.7 Å². The first-order valence-electron chi connectivity index (χ1n) is 9.03. The summed E-state index contributed by atoms with van der Waals surface area (Å²) in [5.74, 6) is -3.04. The molecule has 1 fully saturated rings. The van der Waals surface area contributed by atoms with Crippen molar-refractivity contribution in [3.8, 4) is 5.75 Å². The molecule has 0 radical (unpaired) electrons. The highest BCUT2D eigenvalue weighted by molar-refractivity contribution is 6.00. The molecule has 11 heteroatoms. The van der Waals surface area contributed by atoms with Crippen molar-refractivity contribution < 1.29 is 41.0 Å². The van der Waals surface area contributed by atoms with Crippen LogP contribution in [0.1, 0.15) is 33.5 Å². The molecule has 1 atom stereocenters. The van der Waals surface area contributed by atoms with E-state index >= 15 is 0 Å². The van der Waals surface area contributed by atoms with Crippen molar-refractivity contribution in [2.24, 2.45) is 0 Å². The molecule has 3 rings (SSSR count). The van der Waals surface area contributed by atoms with Gasteiger partial charge in [0.25, 0.3) is 5.91 Å². The number of hydrogen-bond acceptors (Lipinski definition) is 3. The summed E-state index contributed by atoms with van der Waals surface area (Å²) < 4.78 is 78.1. The van der Waals surface area contributed by atoms with E-state index in [9.17, 15) is 41.0 Å². The lowest BCUT2D eigenvalue weighted by atomic mass is 10.1. The number of nitrogens with one attached hydrogen (secondary N) is 1. The Bertz CT molecular complexity index is 1000. The van der Waals surface area contributed by atoms with E-state index in [0.29, 0.717) is 6.07 Å². The zero-order valence-corrected chi connectivity index (χ0v) is 15.7. The highest BCUT2D eigenvalue weighted by Crippen LogP contribution is 2.37. The maximum Gasteiger partial charge on any atom is 0.419 e. The third-order valence-corrected chi connectivity index (χ3v) is 4.87. The fourth-order valence-corrected chi connectivity index (χ4v) is 3.36. The molecule has 1 saturated heterocycles. The molecule has 166 valence electrons. The van der Waals surface area contributed by atoms with E-state index in [2.05, 4.69) is 5.32 Å². The summed E-state index contributed by atoms with van der Waals surface area (Å²) in [5.41, 5.74) is -3.07. The summed E-state index contributed by atoms with van der Waals surface area (Å²) in [5, 5.41) is 12.1. The second-order valence-corrected chi connectivity index (χ2v) is 6.93. The smallest absolute Gasteiger partial charge is 0.419 e. The number of nitrogens with zero attached hydrogens (tertiary/aromatic N) is 1. The molecule has 0 saturated carbocycles. The lowest BCUT2D eigenvalue weighted by molar-refractivity contribution is -0.139. The van der Waals surface area contributed by atoms with Crippen molar-refractivity contribution in [1.29, 1.82) is 0 Å². The number of halogens is 6. The van der Waals surface area contributed by atoms with Gasteiger partial charge in [-0.15, -0.1) is 0 Å². The van der Waals surface area contributed by atoms with Crippen molar-refractivity contribution in [1.82, 2.24) is 10.2 Å². The summed E-state index contributed by atoms with van der Waals surface area (Å²) in [6.45, 7) is -0.291. The molecule has 0 aliphatic carbocycles. The zero-order chi connectivity index (χ0) is 23.0. The van der Waals surface area contributed by atoms with Crippen LogP contribution < -0.4 is 5.32 Å². The van der Waals surface area contributed by atoms with Gasteiger partial charge in [-0.05, 0) is 30.2 Å². The van der Waals surface area contributed by atoms with E-state index in [4.69, 9.17) is 0 Å². The van der Waals surface area contributed by atoms with E-state index in [0.717, 1.165) is 23.1 Å². The van der Waals surface area contributed by atoms with Crippen molar-refractivity contribution in [3.63, 3.8) is 0 Å². The number of aromatic hydroxyl groups is 1. The van der Waals surface area contributed by atoms with E-state index in [1.54, 1.807) is 0 Å². The summed E-state index contributed by atoms with van der Waals surface area (Å²) >= 11 is 0. The standard InChI is InChI=1S/C20H16F6N2O3/c21-19(22,23)13-6-2-1-4-11(13)10-28-9-8-15(18(28)31)27-17(30)12-5-3-7-14(16(12)29)20(24,25)26/h1-7,15,29H,8-10H2,(H,27,30). The Morgan fingerprint density at radius 1 is 1.00 bits per heavy atom. The molecule has 1 aliphatic heterocycles. The second-order valence-electron chi connectivity index (χ2n) is 6.93. The number of phenolic OH excluding ortho intramolecular Hbond substituents is 1. The number of amides is 2. The number of carbonyl (C=O) groups excluding carboxylic acids is 2. The quantitative estimate of drug-likeness (QED) is 0.699. The van der Waals surface area contributed by atoms with Gasteiger partial charge >= 0.3 is 12.4 Å². The molecule has 1 heterocycles. The van der Waals surface area contributed by atoms with Crippen molar-refractivity contribution >= 4 is 11.8 Å². The molecule has 2 N–H and O–H groups in total. The molecular formula is C20H16F6N2O3. The Morgan fingerprint density at radius 2 is 1.61 bits per heavy atom. The van der Waals surface area contributed by atoms with Gasteiger partial charge in [-0.1, -0.05) is 24.3 Å². The number of para-hydroxylation sites is 1. The monoisotopic (exact) mass is 446 g/mol. The van der Waals surface area contributed by atoms with Gasteiger partial charge in [-0.3, -0.25) is 9.59 Å². The fraction of sp³-hybridized carbons (Fsp3) is 0.300. The predicted octanol–water partition coefficient (Wildman–Crippen LogP) is 3.96. The summed E-state index contributed by atoms with van der Waals surface area (Å²) in [7, 11) is 0. The van der Waals surface area contributed by atoms with Crippen LogP contribution in [-0.2, 0) is 23.7 Å². The van der Waals surface area contributed by atoms with E-state index in [-0.39, 0.29) is 25.1 Å². The zero-order valence-electron chi connectivity index (χ0n) is 15.7. The molecule has 31 heavy (non-hydrogen) atoms. The van der Waals surface area contributed by atoms with Crippen LogP contribution in [0.5, 0.6) is 5.75 Å². The third kappa shape index (κ3) is 4.75. The molecule has 2 amide bonds. The SMILES string of the molecule is O=C(NC1CCN(Cc2ccccc2C(F)(F)F)C1=O)c1cccc(C(F)(F)F)c1O. The Balaban J connectivity index is 1.73. The first-order chi connectivity index (χ1) is 14.4. The molecule has 1 unspecified atom stereocenters. The normalized spacial score (nSPS) is 17.2. The van der Waals surface area contributed by atoms with E-state index < -0.39 is 52.6 Å². The molecular weight excluding hydrogens is 430 g/mol. The molecule has 1 aliphatic rings. The third-order valence-electron chi connectivity index (χ3n) is 4.87. The number of hydrogen-bond donors (Lipinski definition) is 2. The number of alkyl halides is 6. The molecule has 0 spiro atoms. The highest BCUT2D eigenvalue weighted by atomic mass is 19.4. The average molecular weight is 446 g/mol. The van der Waals surface area contributed by atoms with Crippen LogP contribution in [-0.4, -0.2) is 34.4 Å². The lowest BCUT2D eigenvalue weighted by Crippen LogP contribution is -2.41. The minimum Gasteiger partial charge on any atom is -0.506 e. The van der Waals surface area contributed by atoms with Crippen LogP contribution >= 0.6 is 0 Å². The first kappa shape index (κ1) is 22.4. The van der Waals surface area contributed by atoms with E-state index in [1.807, 2.05) is 0 Å². The summed E-state index contributed by atoms with van der Waals surface area (Å²) in [4.78, 5) is 26.0. The highest BCUT2D eigenvalue weighted by Gasteiger charge is 2.38. The predicted molar refractivity (Wildman–Crippen MR) is 95.8 cm³/mol. The molecule has 0 bridgehead atoms. The van der Waals surface area contributed by atoms with Crippen LogP contribution in [0, 0.1) is 0 Å². The van der Waals surface area contributed by atoms with Gasteiger partial charge < -0.3 is 15.3 Å². The number of likely N-dealkylation sites (tertiary alicyclic amines) is 1. The Morgan fingerprint density at radius 3 is 2.26 bits per heavy atom. The first-order valence-corrected chi connectivity index (χ1v) is 9.03. The van der Waals surface area contributed by atoms with Gasteiger partial charge in [0.1, 0.15) is 11.8 Å². The average Bonchev–Trinajstić information content (AvgIpc) is 3.00. The maximum absolute atomic E-state index is 13.1. The number of phenols is 1. The number of carbonyl (C=O) groups is 2. The Labute approximate surface area is 172 Å². The van der Waals surface area contributed by atoms with Gasteiger partial charge in [0, 0.05) is 13.1 Å². The summed E-state index contributed by atoms with van der Waals surface area (Å²) in [6.07, 6.45) is -9.43. The van der Waals surface area contributed by atoms with Gasteiger partial charge in [0.05, 0.1) is 16.7 Å².